The van der Waals surface area contributed by atoms with Gasteiger partial charge >= 0.3 is 12.4 Å². The van der Waals surface area contributed by atoms with Crippen LogP contribution in [0.1, 0.15) is 11.7 Å². The number of alkyl halides is 2. The normalized spacial score (nSPS) is 13.0. The number of esters is 1. The fraction of sp³-hybridized carbons (Fsp3) is 0.308. The van der Waals surface area contributed by atoms with Crippen molar-refractivity contribution in [2.24, 2.45) is 5.73 Å². The fourth-order valence-electron chi connectivity index (χ4n) is 1.73. The number of hydrogen-bond donors (Lipinski definition) is 2. The maximum atomic E-state index is 13.9. The van der Waals surface area contributed by atoms with Crippen molar-refractivity contribution in [2.45, 2.75) is 18.6 Å². The first-order valence-corrected chi connectivity index (χ1v) is 7.50. The van der Waals surface area contributed by atoms with E-state index in [2.05, 4.69) is 0 Å². The summed E-state index contributed by atoms with van der Waals surface area (Å²) in [4.78, 5) is 22.6. The molecule has 2 atom stereocenters. The van der Waals surface area contributed by atoms with Gasteiger partial charge in [-0.05, 0) is 5.56 Å². The molecular formula is C13H13F3N2O5S. The van der Waals surface area contributed by atoms with E-state index in [0.717, 1.165) is 0 Å². The van der Waals surface area contributed by atoms with Gasteiger partial charge in [0.25, 0.3) is 5.91 Å². The molecule has 132 valence electrons. The van der Waals surface area contributed by atoms with E-state index >= 15 is 0 Å². The third-order valence-corrected chi connectivity index (χ3v) is 3.33. The lowest BCUT2D eigenvalue weighted by molar-refractivity contribution is -0.149. The summed E-state index contributed by atoms with van der Waals surface area (Å²) in [6.45, 7) is -0.624. The van der Waals surface area contributed by atoms with Gasteiger partial charge in [0.05, 0.1) is 6.54 Å². The molecule has 1 amide bonds. The van der Waals surface area contributed by atoms with Crippen molar-refractivity contribution >= 4 is 27.3 Å². The van der Waals surface area contributed by atoms with Crippen molar-refractivity contribution in [3.8, 4) is 0 Å². The number of halogens is 3. The average Bonchev–Trinajstić information content (AvgIpc) is 2.57. The molecule has 0 saturated carbocycles. The van der Waals surface area contributed by atoms with Crippen LogP contribution in [-0.4, -0.2) is 44.4 Å². The molecule has 0 fully saturated rings. The molecule has 0 aliphatic rings. The molecule has 3 N–H and O–H groups in total. The van der Waals surface area contributed by atoms with Gasteiger partial charge in [-0.2, -0.15) is 21.6 Å². The Balaban J connectivity index is 3.36. The topological polar surface area (TPSA) is 116 Å². The van der Waals surface area contributed by atoms with E-state index in [1.807, 2.05) is 0 Å². The molecule has 2 unspecified atom stereocenters. The molecule has 0 radical (unpaired) electrons. The molecule has 24 heavy (non-hydrogen) atoms. The Hall–Kier alpha value is -2.40. The largest absolute Gasteiger partial charge is 0.454 e. The summed E-state index contributed by atoms with van der Waals surface area (Å²) < 4.78 is 65.3. The van der Waals surface area contributed by atoms with E-state index in [4.69, 9.17) is 10.5 Å². The van der Waals surface area contributed by atoms with Gasteiger partial charge in [0.1, 0.15) is 6.04 Å². The zero-order valence-electron chi connectivity index (χ0n) is 12.0. The number of amides is 1. The van der Waals surface area contributed by atoms with Gasteiger partial charge < -0.3 is 15.8 Å². The van der Waals surface area contributed by atoms with Crippen molar-refractivity contribution in [3.63, 3.8) is 0 Å². The molecule has 0 spiro atoms. The standard InChI is InChI=1S/C13H13F3N2O5S/c14-11(15)13(20)18-9(12(16)24(21)22)10(23-8(19)6-17)7-4-2-1-3-5-7/h1-5,9-11H,6,17H2,(H,18,20). The molecule has 1 aromatic rings. The van der Waals surface area contributed by atoms with E-state index in [1.54, 1.807) is 6.07 Å². The highest BCUT2D eigenvalue weighted by Gasteiger charge is 2.35. The Bertz CT molecular complexity index is 716. The Labute approximate surface area is 136 Å². The monoisotopic (exact) mass is 366 g/mol. The highest BCUT2D eigenvalue weighted by Crippen LogP contribution is 2.23. The van der Waals surface area contributed by atoms with Crippen LogP contribution in [0.25, 0.3) is 0 Å². The smallest absolute Gasteiger partial charge is 0.320 e. The van der Waals surface area contributed by atoms with Crippen molar-refractivity contribution in [1.82, 2.24) is 5.32 Å². The van der Waals surface area contributed by atoms with E-state index in [-0.39, 0.29) is 5.56 Å². The van der Waals surface area contributed by atoms with Crippen molar-refractivity contribution < 1.29 is 35.9 Å². The van der Waals surface area contributed by atoms with Gasteiger partial charge in [-0.3, -0.25) is 9.59 Å². The summed E-state index contributed by atoms with van der Waals surface area (Å²) in [7, 11) is -3.46. The minimum atomic E-state index is -3.53. The molecule has 7 nitrogen and oxygen atoms in total. The first-order valence-electron chi connectivity index (χ1n) is 6.42. The molecular weight excluding hydrogens is 353 g/mol. The van der Waals surface area contributed by atoms with Crippen molar-refractivity contribution in [2.75, 3.05) is 6.54 Å². The van der Waals surface area contributed by atoms with E-state index in [0.29, 0.717) is 0 Å². The minimum Gasteiger partial charge on any atom is -0.454 e. The van der Waals surface area contributed by atoms with Crippen LogP contribution in [-0.2, 0) is 24.6 Å². The second-order valence-corrected chi connectivity index (χ2v) is 5.21. The molecule has 1 rings (SSSR count). The lowest BCUT2D eigenvalue weighted by atomic mass is 10.0. The Morgan fingerprint density at radius 3 is 2.25 bits per heavy atom. The molecule has 0 heterocycles. The summed E-state index contributed by atoms with van der Waals surface area (Å²) >= 11 is 0. The molecule has 11 heteroatoms. The third kappa shape index (κ3) is 5.35. The van der Waals surface area contributed by atoms with Crippen molar-refractivity contribution in [1.29, 1.82) is 0 Å². The molecule has 0 saturated heterocycles. The fourth-order valence-corrected chi connectivity index (χ4v) is 2.12. The number of nitrogens with two attached hydrogens (primary N) is 1. The van der Waals surface area contributed by atoms with Crippen LogP contribution in [0.2, 0.25) is 0 Å². The van der Waals surface area contributed by atoms with Gasteiger partial charge in [-0.15, -0.1) is 0 Å². The summed E-state index contributed by atoms with van der Waals surface area (Å²) in [5.74, 6) is -2.98. The number of rotatable bonds is 7. The maximum Gasteiger partial charge on any atom is 0.320 e. The molecule has 0 bridgehead atoms. The van der Waals surface area contributed by atoms with E-state index < -0.39 is 52.4 Å². The number of carbonyl (C=O) groups is 2. The zero-order valence-corrected chi connectivity index (χ0v) is 12.8. The molecule has 0 aliphatic carbocycles. The first-order chi connectivity index (χ1) is 11.3. The number of nitrogens with one attached hydrogen (secondary N) is 1. The van der Waals surface area contributed by atoms with Crippen LogP contribution in [0.5, 0.6) is 0 Å². The highest BCUT2D eigenvalue weighted by molar-refractivity contribution is 7.72. The van der Waals surface area contributed by atoms with Crippen LogP contribution in [0.4, 0.5) is 13.2 Å². The zero-order chi connectivity index (χ0) is 18.3. The van der Waals surface area contributed by atoms with Crippen molar-refractivity contribution in [3.05, 3.63) is 35.9 Å². The summed E-state index contributed by atoms with van der Waals surface area (Å²) in [5, 5.41) is -0.359. The Morgan fingerprint density at radius 2 is 1.79 bits per heavy atom. The van der Waals surface area contributed by atoms with Crippen LogP contribution >= 0.6 is 0 Å². The van der Waals surface area contributed by atoms with Gasteiger partial charge in [-0.1, -0.05) is 30.3 Å². The van der Waals surface area contributed by atoms with E-state index in [9.17, 15) is 31.2 Å². The first kappa shape index (κ1) is 19.6. The predicted molar refractivity (Wildman–Crippen MR) is 77.3 cm³/mol. The number of carbonyl (C=O) groups excluding carboxylic acids is 2. The number of benzene rings is 1. The summed E-state index contributed by atoms with van der Waals surface area (Å²) in [6.07, 6.45) is -5.23. The lowest BCUT2D eigenvalue weighted by Crippen LogP contribution is -2.47. The number of hydrogen-bond acceptors (Lipinski definition) is 6. The molecule has 1 aromatic carbocycles. The van der Waals surface area contributed by atoms with Gasteiger partial charge in [0.15, 0.2) is 6.10 Å². The Kier molecular flexibility index (Phi) is 7.39. The van der Waals surface area contributed by atoms with Gasteiger partial charge in [-0.25, -0.2) is 0 Å². The van der Waals surface area contributed by atoms with Crippen LogP contribution in [0.15, 0.2) is 30.3 Å². The van der Waals surface area contributed by atoms with Crippen LogP contribution in [0, 0.1) is 0 Å². The molecule has 0 aromatic heterocycles. The minimum absolute atomic E-state index is 0.0690. The number of ether oxygens (including phenoxy) is 1. The van der Waals surface area contributed by atoms with Gasteiger partial charge in [0, 0.05) is 0 Å². The second kappa shape index (κ2) is 9.03. The molecule has 0 aliphatic heterocycles. The average molecular weight is 366 g/mol. The summed E-state index contributed by atoms with van der Waals surface area (Å²) in [5.41, 5.74) is 5.15. The third-order valence-electron chi connectivity index (χ3n) is 2.76. The highest BCUT2D eigenvalue weighted by atomic mass is 32.2. The summed E-state index contributed by atoms with van der Waals surface area (Å²) in [6, 6.07) is 4.97. The van der Waals surface area contributed by atoms with Crippen LogP contribution < -0.4 is 11.1 Å². The quantitative estimate of drug-likeness (QED) is 0.397. The lowest BCUT2D eigenvalue weighted by Gasteiger charge is -2.25. The van der Waals surface area contributed by atoms with Gasteiger partial charge in [0.2, 0.25) is 15.4 Å². The predicted octanol–water partition coefficient (Wildman–Crippen LogP) is -0.0420. The maximum absolute atomic E-state index is 13.9. The Morgan fingerprint density at radius 1 is 1.21 bits per heavy atom. The van der Waals surface area contributed by atoms with E-state index in [1.165, 1.54) is 29.6 Å². The SMILES string of the molecule is NCC(=O)OC(c1ccccc1)C(NC(=O)C(F)F)C(F)=S(=O)=O. The van der Waals surface area contributed by atoms with Crippen LogP contribution in [0.3, 0.4) is 0 Å². The second-order valence-electron chi connectivity index (χ2n) is 4.35.